The van der Waals surface area contributed by atoms with Crippen molar-refractivity contribution in [3.8, 4) is 5.88 Å². The molecule has 2 heterocycles. The number of anilines is 1. The zero-order valence-electron chi connectivity index (χ0n) is 17.1. The van der Waals surface area contributed by atoms with Crippen LogP contribution in [-0.4, -0.2) is 29.5 Å². The number of hydrogen-bond acceptors (Lipinski definition) is 6. The van der Waals surface area contributed by atoms with Gasteiger partial charge in [-0.2, -0.15) is 13.2 Å². The van der Waals surface area contributed by atoms with E-state index in [0.29, 0.717) is 5.56 Å². The van der Waals surface area contributed by atoms with Crippen LogP contribution in [-0.2, 0) is 10.0 Å². The first-order valence-corrected chi connectivity index (χ1v) is 11.1. The fourth-order valence-electron chi connectivity index (χ4n) is 3.14. The van der Waals surface area contributed by atoms with Crippen LogP contribution >= 0.6 is 0 Å². The van der Waals surface area contributed by atoms with Crippen LogP contribution in [0.1, 0.15) is 17.2 Å². The zero-order valence-corrected chi connectivity index (χ0v) is 17.9. The van der Waals surface area contributed by atoms with Gasteiger partial charge in [0.1, 0.15) is 0 Å². The highest BCUT2D eigenvalue weighted by Gasteiger charge is 2.44. The standard InChI is InChI=1S/C22H17F3N4O3S/c1-14-7-2-5-11-18(14)33(30,31)29-20-21(28-17-10-4-3-9-16(17)27-20)32-19(22(23,24)25)15-8-6-12-26-13-15/h2-13,19H,1H3,(H,27,29). The van der Waals surface area contributed by atoms with Gasteiger partial charge in [-0.1, -0.05) is 36.4 Å². The molecule has 0 fully saturated rings. The number of rotatable bonds is 6. The molecule has 0 saturated carbocycles. The molecule has 4 aromatic rings. The molecule has 4 rings (SSSR count). The molecule has 1 N–H and O–H groups in total. The van der Waals surface area contributed by atoms with Crippen LogP contribution < -0.4 is 9.46 Å². The zero-order chi connectivity index (χ0) is 23.6. The maximum atomic E-state index is 13.9. The Morgan fingerprint density at radius 2 is 1.61 bits per heavy atom. The molecule has 0 radical (unpaired) electrons. The Labute approximate surface area is 187 Å². The maximum absolute atomic E-state index is 13.9. The first-order chi connectivity index (χ1) is 15.6. The summed E-state index contributed by atoms with van der Waals surface area (Å²) in [5.41, 5.74) is 0.688. The van der Waals surface area contributed by atoms with Crippen molar-refractivity contribution < 1.29 is 26.3 Å². The summed E-state index contributed by atoms with van der Waals surface area (Å²) >= 11 is 0. The van der Waals surface area contributed by atoms with Crippen molar-refractivity contribution in [3.63, 3.8) is 0 Å². The molecule has 11 heteroatoms. The molecular weight excluding hydrogens is 457 g/mol. The second-order valence-electron chi connectivity index (χ2n) is 7.06. The fraction of sp³-hybridized carbons (Fsp3) is 0.136. The van der Waals surface area contributed by atoms with Gasteiger partial charge in [-0.25, -0.2) is 18.4 Å². The van der Waals surface area contributed by atoms with E-state index in [9.17, 15) is 21.6 Å². The Morgan fingerprint density at radius 1 is 0.939 bits per heavy atom. The molecule has 7 nitrogen and oxygen atoms in total. The number of para-hydroxylation sites is 2. The second-order valence-corrected chi connectivity index (χ2v) is 8.71. The van der Waals surface area contributed by atoms with E-state index in [1.54, 1.807) is 37.3 Å². The molecule has 0 aliphatic rings. The molecule has 0 bridgehead atoms. The number of pyridine rings is 1. The molecule has 1 atom stereocenters. The van der Waals surface area contributed by atoms with Gasteiger partial charge in [-0.05, 0) is 36.8 Å². The molecule has 1 unspecified atom stereocenters. The average molecular weight is 474 g/mol. The van der Waals surface area contributed by atoms with Crippen LogP contribution in [0.25, 0.3) is 11.0 Å². The number of aromatic nitrogens is 3. The molecule has 0 aliphatic heterocycles. The van der Waals surface area contributed by atoms with Gasteiger partial charge in [0.05, 0.1) is 15.9 Å². The number of sulfonamides is 1. The van der Waals surface area contributed by atoms with Crippen LogP contribution in [0.3, 0.4) is 0 Å². The molecule has 2 aromatic carbocycles. The van der Waals surface area contributed by atoms with E-state index < -0.39 is 34.0 Å². The Bertz CT molecular complexity index is 1400. The lowest BCUT2D eigenvalue weighted by molar-refractivity contribution is -0.198. The SMILES string of the molecule is Cc1ccccc1S(=O)(=O)Nc1nc2ccccc2nc1OC(c1cccnc1)C(F)(F)F. The predicted molar refractivity (Wildman–Crippen MR) is 115 cm³/mol. The van der Waals surface area contributed by atoms with Crippen molar-refractivity contribution in [2.24, 2.45) is 0 Å². The summed E-state index contributed by atoms with van der Waals surface area (Å²) in [5.74, 6) is -1.08. The van der Waals surface area contributed by atoms with Gasteiger partial charge in [0.15, 0.2) is 0 Å². The fourth-order valence-corrected chi connectivity index (χ4v) is 4.39. The van der Waals surface area contributed by atoms with E-state index in [-0.39, 0.29) is 21.5 Å². The summed E-state index contributed by atoms with van der Waals surface area (Å²) in [4.78, 5) is 12.0. The molecule has 0 amide bonds. The van der Waals surface area contributed by atoms with Gasteiger partial charge < -0.3 is 4.74 Å². The number of halogens is 3. The normalized spacial score (nSPS) is 13.0. The van der Waals surface area contributed by atoms with Crippen LogP contribution in [0.2, 0.25) is 0 Å². The highest BCUT2D eigenvalue weighted by atomic mass is 32.2. The Balaban J connectivity index is 1.82. The topological polar surface area (TPSA) is 94.1 Å². The minimum atomic E-state index is -4.83. The smallest absolute Gasteiger partial charge is 0.429 e. The lowest BCUT2D eigenvalue weighted by atomic mass is 10.1. The van der Waals surface area contributed by atoms with Crippen LogP contribution in [0.15, 0.2) is 78.0 Å². The lowest BCUT2D eigenvalue weighted by Crippen LogP contribution is -2.27. The van der Waals surface area contributed by atoms with Gasteiger partial charge in [0.25, 0.3) is 15.9 Å². The van der Waals surface area contributed by atoms with Crippen molar-refractivity contribution in [2.45, 2.75) is 24.1 Å². The monoisotopic (exact) mass is 474 g/mol. The average Bonchev–Trinajstić information content (AvgIpc) is 2.77. The molecule has 2 aromatic heterocycles. The van der Waals surface area contributed by atoms with Crippen molar-refractivity contribution in [3.05, 3.63) is 84.2 Å². The summed E-state index contributed by atoms with van der Waals surface area (Å²) in [6.07, 6.45) is -4.93. The first-order valence-electron chi connectivity index (χ1n) is 9.64. The summed E-state index contributed by atoms with van der Waals surface area (Å²) in [6, 6.07) is 15.1. The van der Waals surface area contributed by atoms with E-state index in [2.05, 4.69) is 19.7 Å². The highest BCUT2D eigenvalue weighted by Crippen LogP contribution is 2.38. The van der Waals surface area contributed by atoms with E-state index >= 15 is 0 Å². The quantitative estimate of drug-likeness (QED) is 0.431. The van der Waals surface area contributed by atoms with Crippen molar-refractivity contribution >= 4 is 26.9 Å². The van der Waals surface area contributed by atoms with Gasteiger partial charge in [-0.15, -0.1) is 0 Å². The molecule has 170 valence electrons. The summed E-state index contributed by atoms with van der Waals surface area (Å²) < 4.78 is 75.0. The Kier molecular flexibility index (Phi) is 5.90. The van der Waals surface area contributed by atoms with Crippen LogP contribution in [0, 0.1) is 6.92 Å². The van der Waals surface area contributed by atoms with Crippen molar-refractivity contribution in [1.82, 2.24) is 15.0 Å². The van der Waals surface area contributed by atoms with Gasteiger partial charge in [0, 0.05) is 18.0 Å². The Hall–Kier alpha value is -3.73. The van der Waals surface area contributed by atoms with E-state index in [1.807, 2.05) is 0 Å². The van der Waals surface area contributed by atoms with Gasteiger partial charge in [-0.3, -0.25) is 9.71 Å². The molecule has 33 heavy (non-hydrogen) atoms. The Morgan fingerprint density at radius 3 is 2.24 bits per heavy atom. The number of hydrogen-bond donors (Lipinski definition) is 1. The molecule has 0 spiro atoms. The number of alkyl halides is 3. The third-order valence-electron chi connectivity index (χ3n) is 4.67. The summed E-state index contributed by atoms with van der Waals surface area (Å²) in [7, 11) is -4.20. The molecular formula is C22H17F3N4O3S. The third-order valence-corrected chi connectivity index (χ3v) is 6.17. The van der Waals surface area contributed by atoms with Crippen LogP contribution in [0.5, 0.6) is 5.88 Å². The number of nitrogens with zero attached hydrogens (tertiary/aromatic N) is 3. The van der Waals surface area contributed by atoms with E-state index in [1.165, 1.54) is 36.5 Å². The summed E-state index contributed by atoms with van der Waals surface area (Å²) in [6.45, 7) is 1.60. The minimum Gasteiger partial charge on any atom is -0.457 e. The summed E-state index contributed by atoms with van der Waals surface area (Å²) in [5, 5.41) is 0. The number of ether oxygens (including phenoxy) is 1. The molecule has 0 aliphatic carbocycles. The van der Waals surface area contributed by atoms with Crippen LogP contribution in [0.4, 0.5) is 19.0 Å². The largest absolute Gasteiger partial charge is 0.457 e. The third kappa shape index (κ3) is 4.87. The minimum absolute atomic E-state index is 0.0504. The predicted octanol–water partition coefficient (Wildman–Crippen LogP) is 4.82. The number of benzene rings is 2. The van der Waals surface area contributed by atoms with Crippen molar-refractivity contribution in [2.75, 3.05) is 4.72 Å². The van der Waals surface area contributed by atoms with E-state index in [4.69, 9.17) is 4.74 Å². The molecule has 0 saturated heterocycles. The maximum Gasteiger partial charge on any atom is 0.429 e. The van der Waals surface area contributed by atoms with E-state index in [0.717, 1.165) is 6.20 Å². The lowest BCUT2D eigenvalue weighted by Gasteiger charge is -2.22. The number of aryl methyl sites for hydroxylation is 1. The first kappa shape index (κ1) is 22.5. The highest BCUT2D eigenvalue weighted by molar-refractivity contribution is 7.92. The van der Waals surface area contributed by atoms with Gasteiger partial charge in [0.2, 0.25) is 11.9 Å². The number of nitrogens with one attached hydrogen (secondary N) is 1. The second kappa shape index (κ2) is 8.66. The van der Waals surface area contributed by atoms with Gasteiger partial charge >= 0.3 is 6.18 Å². The number of fused-ring (bicyclic) bond motifs is 1. The van der Waals surface area contributed by atoms with Crippen molar-refractivity contribution in [1.29, 1.82) is 0 Å².